The average Bonchev–Trinajstić information content (AvgIpc) is 2.46. The molecule has 0 aliphatic carbocycles. The molecule has 23 heavy (non-hydrogen) atoms. The number of nitrogens with two attached hydrogens (primary N) is 1. The molecule has 1 aromatic rings. The van der Waals surface area contributed by atoms with E-state index in [0.29, 0.717) is 0 Å². The van der Waals surface area contributed by atoms with Crippen LogP contribution in [0.25, 0.3) is 0 Å². The summed E-state index contributed by atoms with van der Waals surface area (Å²) in [7, 11) is 0. The zero-order valence-corrected chi connectivity index (χ0v) is 15.1. The van der Waals surface area contributed by atoms with Crippen molar-refractivity contribution < 1.29 is 9.53 Å². The Morgan fingerprint density at radius 3 is 2.09 bits per heavy atom. The summed E-state index contributed by atoms with van der Waals surface area (Å²) in [5.74, 6) is 0.759. The van der Waals surface area contributed by atoms with Gasteiger partial charge in [-0.15, -0.1) is 0 Å². The van der Waals surface area contributed by atoms with Gasteiger partial charge in [0.05, 0.1) is 0 Å². The normalized spacial score (nSPS) is 17.2. The minimum atomic E-state index is -0.870. The Labute approximate surface area is 140 Å². The van der Waals surface area contributed by atoms with Crippen LogP contribution in [-0.4, -0.2) is 35.5 Å². The highest BCUT2D eigenvalue weighted by Gasteiger charge is 2.35. The average molecular weight is 318 g/mol. The van der Waals surface area contributed by atoms with E-state index in [-0.39, 0.29) is 17.4 Å². The number of amides is 1. The van der Waals surface area contributed by atoms with Crippen LogP contribution in [0.5, 0.6) is 5.75 Å². The number of likely N-dealkylation sites (tertiary alicyclic amines) is 1. The highest BCUT2D eigenvalue weighted by Crippen LogP contribution is 2.27. The molecule has 4 heteroatoms. The van der Waals surface area contributed by atoms with Crippen molar-refractivity contribution >= 4 is 5.91 Å². The molecule has 0 atom stereocenters. The van der Waals surface area contributed by atoms with E-state index in [0.717, 1.165) is 31.7 Å². The molecule has 1 saturated heterocycles. The molecule has 1 aliphatic rings. The summed E-state index contributed by atoms with van der Waals surface area (Å²) in [6.45, 7) is 11.6. The van der Waals surface area contributed by atoms with Crippen LogP contribution < -0.4 is 10.5 Å². The number of rotatable bonds is 3. The molecule has 1 fully saturated rings. The lowest BCUT2D eigenvalue weighted by Crippen LogP contribution is -2.52. The minimum absolute atomic E-state index is 0.0318. The summed E-state index contributed by atoms with van der Waals surface area (Å²) in [5.41, 5.74) is 6.40. The molecule has 0 aromatic heterocycles. The summed E-state index contributed by atoms with van der Waals surface area (Å²) in [5, 5.41) is 0. The zero-order valence-electron chi connectivity index (χ0n) is 15.1. The highest BCUT2D eigenvalue weighted by atomic mass is 16.5. The van der Waals surface area contributed by atoms with Gasteiger partial charge in [-0.25, -0.2) is 0 Å². The van der Waals surface area contributed by atoms with E-state index in [2.05, 4.69) is 32.9 Å². The predicted molar refractivity (Wildman–Crippen MR) is 93.6 cm³/mol. The number of nitrogens with zero attached hydrogens (tertiary/aromatic N) is 1. The number of ether oxygens (including phenoxy) is 1. The second kappa shape index (κ2) is 6.52. The Bertz CT molecular complexity index is 535. The Balaban J connectivity index is 2.04. The Morgan fingerprint density at radius 1 is 1.09 bits per heavy atom. The number of hydrogen-bond acceptors (Lipinski definition) is 3. The van der Waals surface area contributed by atoms with Gasteiger partial charge in [-0.2, -0.15) is 0 Å². The van der Waals surface area contributed by atoms with Crippen LogP contribution in [0.4, 0.5) is 0 Å². The van der Waals surface area contributed by atoms with Gasteiger partial charge >= 0.3 is 0 Å². The summed E-state index contributed by atoms with van der Waals surface area (Å²) in [6, 6.07) is 8.24. The molecule has 1 aliphatic heterocycles. The fraction of sp³-hybridized carbons (Fsp3) is 0.632. The smallest absolute Gasteiger partial charge is 0.266 e. The lowest BCUT2D eigenvalue weighted by Gasteiger charge is -2.36. The third kappa shape index (κ3) is 4.47. The van der Waals surface area contributed by atoms with Gasteiger partial charge in [-0.05, 0) is 49.8 Å². The number of benzene rings is 1. The predicted octanol–water partition coefficient (Wildman–Crippen LogP) is 3.09. The summed E-state index contributed by atoms with van der Waals surface area (Å²) in [4.78, 5) is 14.6. The summed E-state index contributed by atoms with van der Waals surface area (Å²) >= 11 is 0. The zero-order chi connectivity index (χ0) is 17.3. The SMILES string of the molecule is CC(C)(Oc1ccc(C(C)(C)C)cc1)C(=O)N1CCC(N)CC1. The number of carbonyl (C=O) groups excluding carboxylic acids is 1. The van der Waals surface area contributed by atoms with E-state index in [1.165, 1.54) is 5.56 Å². The van der Waals surface area contributed by atoms with Gasteiger partial charge in [0.15, 0.2) is 5.60 Å². The van der Waals surface area contributed by atoms with E-state index < -0.39 is 5.60 Å². The van der Waals surface area contributed by atoms with Crippen molar-refractivity contribution in [3.05, 3.63) is 29.8 Å². The molecule has 4 nitrogen and oxygen atoms in total. The first-order valence-electron chi connectivity index (χ1n) is 8.44. The van der Waals surface area contributed by atoms with E-state index in [9.17, 15) is 4.79 Å². The van der Waals surface area contributed by atoms with Crippen LogP contribution in [0.1, 0.15) is 53.0 Å². The van der Waals surface area contributed by atoms with Crippen molar-refractivity contribution in [1.29, 1.82) is 0 Å². The molecule has 0 unspecified atom stereocenters. The standard InChI is InChI=1S/C19H30N2O2/c1-18(2,3)14-6-8-16(9-7-14)23-19(4,5)17(22)21-12-10-15(20)11-13-21/h6-9,15H,10-13,20H2,1-5H3. The van der Waals surface area contributed by atoms with Gasteiger partial charge in [0.2, 0.25) is 0 Å². The lowest BCUT2D eigenvalue weighted by molar-refractivity contribution is -0.146. The Hall–Kier alpha value is -1.55. The second-order valence-corrected chi connectivity index (χ2v) is 8.02. The third-order valence-electron chi connectivity index (χ3n) is 4.44. The number of piperidine rings is 1. The van der Waals surface area contributed by atoms with Crippen molar-refractivity contribution in [2.24, 2.45) is 5.73 Å². The fourth-order valence-electron chi connectivity index (χ4n) is 2.84. The van der Waals surface area contributed by atoms with Gasteiger partial charge in [0.1, 0.15) is 5.75 Å². The fourth-order valence-corrected chi connectivity index (χ4v) is 2.84. The van der Waals surface area contributed by atoms with E-state index in [4.69, 9.17) is 10.5 Å². The molecule has 0 radical (unpaired) electrons. The van der Waals surface area contributed by atoms with Crippen molar-refractivity contribution in [2.75, 3.05) is 13.1 Å². The quantitative estimate of drug-likeness (QED) is 0.932. The number of carbonyl (C=O) groups is 1. The Morgan fingerprint density at radius 2 is 1.61 bits per heavy atom. The minimum Gasteiger partial charge on any atom is -0.478 e. The van der Waals surface area contributed by atoms with E-state index >= 15 is 0 Å². The first-order valence-corrected chi connectivity index (χ1v) is 8.44. The van der Waals surface area contributed by atoms with Gasteiger partial charge in [0, 0.05) is 19.1 Å². The van der Waals surface area contributed by atoms with Gasteiger partial charge in [-0.3, -0.25) is 4.79 Å². The number of hydrogen-bond donors (Lipinski definition) is 1. The maximum atomic E-state index is 12.7. The van der Waals surface area contributed by atoms with Crippen molar-refractivity contribution in [3.63, 3.8) is 0 Å². The Kier molecular flexibility index (Phi) is 5.04. The van der Waals surface area contributed by atoms with E-state index in [1.807, 2.05) is 30.9 Å². The largest absolute Gasteiger partial charge is 0.478 e. The first-order chi connectivity index (χ1) is 10.6. The van der Waals surface area contributed by atoms with Crippen LogP contribution >= 0.6 is 0 Å². The highest BCUT2D eigenvalue weighted by molar-refractivity contribution is 5.85. The van der Waals surface area contributed by atoms with Crippen LogP contribution in [0.15, 0.2) is 24.3 Å². The van der Waals surface area contributed by atoms with Crippen LogP contribution in [0.2, 0.25) is 0 Å². The molecule has 128 valence electrons. The van der Waals surface area contributed by atoms with Crippen molar-refractivity contribution in [2.45, 2.75) is 64.5 Å². The molecule has 0 bridgehead atoms. The lowest BCUT2D eigenvalue weighted by atomic mass is 9.87. The third-order valence-corrected chi connectivity index (χ3v) is 4.44. The van der Waals surface area contributed by atoms with Crippen molar-refractivity contribution in [1.82, 2.24) is 4.90 Å². The van der Waals surface area contributed by atoms with Crippen molar-refractivity contribution in [3.8, 4) is 5.75 Å². The molecule has 1 heterocycles. The monoisotopic (exact) mass is 318 g/mol. The summed E-state index contributed by atoms with van der Waals surface area (Å²) < 4.78 is 5.99. The molecule has 1 amide bonds. The topological polar surface area (TPSA) is 55.6 Å². The molecular weight excluding hydrogens is 288 g/mol. The first kappa shape index (κ1) is 17.8. The molecule has 2 rings (SSSR count). The maximum absolute atomic E-state index is 12.7. The molecule has 2 N–H and O–H groups in total. The summed E-state index contributed by atoms with van der Waals surface area (Å²) in [6.07, 6.45) is 1.73. The van der Waals surface area contributed by atoms with Gasteiger partial charge in [-0.1, -0.05) is 32.9 Å². The van der Waals surface area contributed by atoms with Gasteiger partial charge < -0.3 is 15.4 Å². The van der Waals surface area contributed by atoms with E-state index in [1.54, 1.807) is 0 Å². The molecular formula is C19H30N2O2. The molecule has 1 aromatic carbocycles. The van der Waals surface area contributed by atoms with Crippen LogP contribution in [0, 0.1) is 0 Å². The second-order valence-electron chi connectivity index (χ2n) is 8.02. The molecule has 0 saturated carbocycles. The maximum Gasteiger partial charge on any atom is 0.266 e. The van der Waals surface area contributed by atoms with Gasteiger partial charge in [0.25, 0.3) is 5.91 Å². The van der Waals surface area contributed by atoms with Crippen LogP contribution in [0.3, 0.4) is 0 Å². The van der Waals surface area contributed by atoms with Crippen LogP contribution in [-0.2, 0) is 10.2 Å². The molecule has 0 spiro atoms.